The van der Waals surface area contributed by atoms with Gasteiger partial charge in [-0.1, -0.05) is 0 Å². The summed E-state index contributed by atoms with van der Waals surface area (Å²) >= 11 is 3.37. The van der Waals surface area contributed by atoms with E-state index < -0.39 is 0 Å². The van der Waals surface area contributed by atoms with Crippen LogP contribution in [0.15, 0.2) is 22.8 Å². The Labute approximate surface area is 98.4 Å². The third-order valence-electron chi connectivity index (χ3n) is 3.03. The van der Waals surface area contributed by atoms with Gasteiger partial charge in [-0.3, -0.25) is 0 Å². The van der Waals surface area contributed by atoms with Gasteiger partial charge in [0.15, 0.2) is 0 Å². The molecule has 2 heterocycles. The van der Waals surface area contributed by atoms with Crippen molar-refractivity contribution in [3.05, 3.63) is 22.8 Å². The van der Waals surface area contributed by atoms with Crippen LogP contribution < -0.4 is 5.32 Å². The first-order valence-electron chi connectivity index (χ1n) is 5.11. The highest BCUT2D eigenvalue weighted by atomic mass is 79.9. The molecule has 2 unspecified atom stereocenters. The standard InChI is InChI=1S/C11H15BrN2O/c1-8-11(2,5-6-15-8)14-10-4-3-9(12)7-13-10/h3-4,7-8H,5-6H2,1-2H3,(H,13,14). The van der Waals surface area contributed by atoms with E-state index in [1.807, 2.05) is 12.1 Å². The largest absolute Gasteiger partial charge is 0.376 e. The van der Waals surface area contributed by atoms with Gasteiger partial charge in [-0.15, -0.1) is 0 Å². The van der Waals surface area contributed by atoms with E-state index in [0.717, 1.165) is 23.3 Å². The molecule has 1 N–H and O–H groups in total. The number of rotatable bonds is 2. The van der Waals surface area contributed by atoms with E-state index in [1.54, 1.807) is 6.20 Å². The minimum absolute atomic E-state index is 0.000823. The van der Waals surface area contributed by atoms with E-state index in [1.165, 1.54) is 0 Å². The summed E-state index contributed by atoms with van der Waals surface area (Å²) in [4.78, 5) is 4.31. The van der Waals surface area contributed by atoms with Gasteiger partial charge in [-0.2, -0.15) is 0 Å². The van der Waals surface area contributed by atoms with E-state index in [0.29, 0.717) is 0 Å². The predicted molar refractivity (Wildman–Crippen MR) is 64.0 cm³/mol. The van der Waals surface area contributed by atoms with Gasteiger partial charge in [-0.05, 0) is 48.3 Å². The third-order valence-corrected chi connectivity index (χ3v) is 3.50. The van der Waals surface area contributed by atoms with E-state index in [-0.39, 0.29) is 11.6 Å². The van der Waals surface area contributed by atoms with Gasteiger partial charge in [0.05, 0.1) is 11.6 Å². The Morgan fingerprint density at radius 3 is 2.93 bits per heavy atom. The molecule has 0 spiro atoms. The van der Waals surface area contributed by atoms with Crippen LogP contribution in [0.25, 0.3) is 0 Å². The molecule has 1 aliphatic rings. The molecular formula is C11H15BrN2O. The van der Waals surface area contributed by atoms with Crippen molar-refractivity contribution >= 4 is 21.7 Å². The van der Waals surface area contributed by atoms with E-state index in [9.17, 15) is 0 Å². The first-order valence-corrected chi connectivity index (χ1v) is 5.91. The summed E-state index contributed by atoms with van der Waals surface area (Å²) in [6.45, 7) is 5.09. The fraction of sp³-hybridized carbons (Fsp3) is 0.545. The Kier molecular flexibility index (Phi) is 2.98. The van der Waals surface area contributed by atoms with E-state index in [4.69, 9.17) is 4.74 Å². The average molecular weight is 271 g/mol. The van der Waals surface area contributed by atoms with Crippen molar-refractivity contribution in [3.8, 4) is 0 Å². The number of hydrogen-bond acceptors (Lipinski definition) is 3. The fourth-order valence-corrected chi connectivity index (χ4v) is 1.98. The lowest BCUT2D eigenvalue weighted by Gasteiger charge is -2.29. The molecule has 0 saturated carbocycles. The topological polar surface area (TPSA) is 34.1 Å². The summed E-state index contributed by atoms with van der Waals surface area (Å²) in [7, 11) is 0. The second-order valence-electron chi connectivity index (χ2n) is 4.17. The quantitative estimate of drug-likeness (QED) is 0.898. The van der Waals surface area contributed by atoms with Gasteiger partial charge < -0.3 is 10.1 Å². The minimum atomic E-state index is 0.000823. The first kappa shape index (κ1) is 10.9. The van der Waals surface area contributed by atoms with Crippen molar-refractivity contribution in [2.45, 2.75) is 31.9 Å². The van der Waals surface area contributed by atoms with Crippen LogP contribution in [0.3, 0.4) is 0 Å². The lowest BCUT2D eigenvalue weighted by Crippen LogP contribution is -2.41. The Morgan fingerprint density at radius 1 is 1.60 bits per heavy atom. The first-order chi connectivity index (χ1) is 7.10. The van der Waals surface area contributed by atoms with Gasteiger partial charge in [0, 0.05) is 17.3 Å². The van der Waals surface area contributed by atoms with E-state index in [2.05, 4.69) is 40.1 Å². The Balaban J connectivity index is 2.11. The number of nitrogens with one attached hydrogen (secondary N) is 1. The van der Waals surface area contributed by atoms with Crippen molar-refractivity contribution in [3.63, 3.8) is 0 Å². The molecule has 1 aliphatic heterocycles. The maximum atomic E-state index is 5.56. The molecule has 4 heteroatoms. The highest BCUT2D eigenvalue weighted by Gasteiger charge is 2.37. The molecule has 1 aromatic rings. The second-order valence-corrected chi connectivity index (χ2v) is 5.08. The smallest absolute Gasteiger partial charge is 0.126 e. The molecule has 2 atom stereocenters. The molecule has 0 aromatic carbocycles. The number of aromatic nitrogens is 1. The van der Waals surface area contributed by atoms with Crippen LogP contribution in [-0.2, 0) is 4.74 Å². The number of nitrogens with zero attached hydrogens (tertiary/aromatic N) is 1. The molecule has 0 aliphatic carbocycles. The van der Waals surface area contributed by atoms with Crippen LogP contribution in [0.5, 0.6) is 0 Å². The van der Waals surface area contributed by atoms with Gasteiger partial charge in [0.25, 0.3) is 0 Å². The van der Waals surface area contributed by atoms with Crippen molar-refractivity contribution < 1.29 is 4.74 Å². The molecule has 82 valence electrons. The molecule has 1 fully saturated rings. The van der Waals surface area contributed by atoms with Gasteiger partial charge >= 0.3 is 0 Å². The Bertz CT molecular complexity index is 341. The lowest BCUT2D eigenvalue weighted by atomic mass is 9.95. The van der Waals surface area contributed by atoms with Gasteiger partial charge in [0.2, 0.25) is 0 Å². The van der Waals surface area contributed by atoms with Crippen molar-refractivity contribution in [2.75, 3.05) is 11.9 Å². The molecule has 2 rings (SSSR count). The van der Waals surface area contributed by atoms with Crippen LogP contribution in [0, 0.1) is 0 Å². The van der Waals surface area contributed by atoms with Gasteiger partial charge in [0.1, 0.15) is 5.82 Å². The predicted octanol–water partition coefficient (Wildman–Crippen LogP) is 2.82. The number of hydrogen-bond donors (Lipinski definition) is 1. The number of ether oxygens (including phenoxy) is 1. The van der Waals surface area contributed by atoms with Crippen LogP contribution >= 0.6 is 15.9 Å². The van der Waals surface area contributed by atoms with Crippen LogP contribution in [-0.4, -0.2) is 23.2 Å². The third kappa shape index (κ3) is 2.32. The van der Waals surface area contributed by atoms with Crippen LogP contribution in [0.1, 0.15) is 20.3 Å². The summed E-state index contributed by atoms with van der Waals surface area (Å²) in [6.07, 6.45) is 3.04. The zero-order valence-corrected chi connectivity index (χ0v) is 10.5. The van der Waals surface area contributed by atoms with Crippen molar-refractivity contribution in [1.29, 1.82) is 0 Å². The zero-order valence-electron chi connectivity index (χ0n) is 8.96. The molecule has 0 radical (unpaired) electrons. The highest BCUT2D eigenvalue weighted by molar-refractivity contribution is 9.10. The molecule has 1 aromatic heterocycles. The van der Waals surface area contributed by atoms with Crippen molar-refractivity contribution in [2.24, 2.45) is 0 Å². The number of halogens is 1. The summed E-state index contributed by atoms with van der Waals surface area (Å²) in [6, 6.07) is 3.96. The Hall–Kier alpha value is -0.610. The summed E-state index contributed by atoms with van der Waals surface area (Å²) in [5, 5.41) is 3.44. The Morgan fingerprint density at radius 2 is 2.40 bits per heavy atom. The van der Waals surface area contributed by atoms with E-state index >= 15 is 0 Å². The molecule has 1 saturated heterocycles. The normalized spacial score (nSPS) is 30.5. The number of pyridine rings is 1. The maximum absolute atomic E-state index is 5.56. The summed E-state index contributed by atoms with van der Waals surface area (Å²) < 4.78 is 6.56. The molecule has 3 nitrogen and oxygen atoms in total. The molecule has 15 heavy (non-hydrogen) atoms. The summed E-state index contributed by atoms with van der Waals surface area (Å²) in [5.41, 5.74) is 0.000823. The fourth-order valence-electron chi connectivity index (χ4n) is 1.74. The highest BCUT2D eigenvalue weighted by Crippen LogP contribution is 2.28. The maximum Gasteiger partial charge on any atom is 0.126 e. The lowest BCUT2D eigenvalue weighted by molar-refractivity contribution is 0.105. The molecule has 0 amide bonds. The summed E-state index contributed by atoms with van der Waals surface area (Å²) in [5.74, 6) is 0.901. The van der Waals surface area contributed by atoms with Crippen molar-refractivity contribution in [1.82, 2.24) is 4.98 Å². The zero-order chi connectivity index (χ0) is 10.9. The molecule has 0 bridgehead atoms. The minimum Gasteiger partial charge on any atom is -0.376 e. The SMILES string of the molecule is CC1OCCC1(C)Nc1ccc(Br)cn1. The molecular weight excluding hydrogens is 256 g/mol. The second kappa shape index (κ2) is 4.10. The van der Waals surface area contributed by atoms with Crippen LogP contribution in [0.4, 0.5) is 5.82 Å². The van der Waals surface area contributed by atoms with Gasteiger partial charge in [-0.25, -0.2) is 4.98 Å². The average Bonchev–Trinajstić information content (AvgIpc) is 2.51. The van der Waals surface area contributed by atoms with Crippen LogP contribution in [0.2, 0.25) is 0 Å². The monoisotopic (exact) mass is 270 g/mol. The number of anilines is 1.